The maximum absolute atomic E-state index is 12.7. The van der Waals surface area contributed by atoms with Crippen molar-refractivity contribution in [2.75, 3.05) is 0 Å². The maximum atomic E-state index is 12.7. The van der Waals surface area contributed by atoms with Crippen LogP contribution in [-0.2, 0) is 10.2 Å². The molecule has 1 amide bonds. The first kappa shape index (κ1) is 15.4. The fourth-order valence-electron chi connectivity index (χ4n) is 2.78. The smallest absolute Gasteiger partial charge is 0.231 e. The number of hydrogen-bond acceptors (Lipinski definition) is 1. The van der Waals surface area contributed by atoms with Crippen LogP contribution in [0.1, 0.15) is 36.9 Å². The Morgan fingerprint density at radius 3 is 2.32 bits per heavy atom. The minimum absolute atomic E-state index is 0.0576. The highest BCUT2D eigenvalue weighted by Gasteiger charge is 2.51. The van der Waals surface area contributed by atoms with Crippen LogP contribution in [0, 0.1) is 0 Å². The van der Waals surface area contributed by atoms with Crippen LogP contribution in [0.25, 0.3) is 0 Å². The molecule has 0 saturated heterocycles. The Labute approximate surface area is 140 Å². The van der Waals surface area contributed by atoms with Gasteiger partial charge in [-0.05, 0) is 49.1 Å². The van der Waals surface area contributed by atoms with Gasteiger partial charge in [0.05, 0.1) is 11.5 Å². The summed E-state index contributed by atoms with van der Waals surface area (Å²) in [6.07, 6.45) is 1.74. The maximum Gasteiger partial charge on any atom is 0.231 e. The summed E-state index contributed by atoms with van der Waals surface area (Å²) in [5.41, 5.74) is 1.56. The van der Waals surface area contributed by atoms with E-state index < -0.39 is 5.41 Å². The predicted molar refractivity (Wildman–Crippen MR) is 90.4 cm³/mol. The number of hydrogen-bond donors (Lipinski definition) is 1. The van der Waals surface area contributed by atoms with Crippen LogP contribution in [0.15, 0.2) is 48.5 Å². The Morgan fingerprint density at radius 2 is 1.73 bits per heavy atom. The molecule has 0 heterocycles. The lowest BCUT2D eigenvalue weighted by Crippen LogP contribution is -2.36. The minimum atomic E-state index is -0.403. The highest BCUT2D eigenvalue weighted by Crippen LogP contribution is 2.49. The van der Waals surface area contributed by atoms with Gasteiger partial charge in [0, 0.05) is 10.0 Å². The molecule has 1 atom stereocenters. The van der Waals surface area contributed by atoms with Crippen molar-refractivity contribution < 1.29 is 4.79 Å². The molecular formula is C18H17Cl2NO. The number of amides is 1. The van der Waals surface area contributed by atoms with E-state index in [0.717, 1.165) is 24.0 Å². The minimum Gasteiger partial charge on any atom is -0.349 e. The van der Waals surface area contributed by atoms with E-state index in [2.05, 4.69) is 5.32 Å². The van der Waals surface area contributed by atoms with Gasteiger partial charge in [-0.25, -0.2) is 0 Å². The average molecular weight is 334 g/mol. The number of carbonyl (C=O) groups excluding carboxylic acids is 1. The summed E-state index contributed by atoms with van der Waals surface area (Å²) in [4.78, 5) is 12.7. The highest BCUT2D eigenvalue weighted by molar-refractivity contribution is 6.31. The summed E-state index contributed by atoms with van der Waals surface area (Å²) >= 11 is 12.1. The van der Waals surface area contributed by atoms with E-state index in [0.29, 0.717) is 10.0 Å². The van der Waals surface area contributed by atoms with Gasteiger partial charge in [0.15, 0.2) is 0 Å². The van der Waals surface area contributed by atoms with Crippen LogP contribution < -0.4 is 5.32 Å². The van der Waals surface area contributed by atoms with E-state index in [1.807, 2.05) is 55.5 Å². The first-order chi connectivity index (χ1) is 10.5. The van der Waals surface area contributed by atoms with Crippen molar-refractivity contribution in [1.29, 1.82) is 0 Å². The largest absolute Gasteiger partial charge is 0.349 e. The molecule has 0 spiro atoms. The van der Waals surface area contributed by atoms with Gasteiger partial charge < -0.3 is 5.32 Å². The molecule has 2 aromatic rings. The second kappa shape index (κ2) is 5.94. The van der Waals surface area contributed by atoms with Gasteiger partial charge in [-0.2, -0.15) is 0 Å². The molecule has 4 heteroatoms. The Morgan fingerprint density at radius 1 is 1.09 bits per heavy atom. The monoisotopic (exact) mass is 333 g/mol. The van der Waals surface area contributed by atoms with Gasteiger partial charge in [0.25, 0.3) is 0 Å². The fraction of sp³-hybridized carbons (Fsp3) is 0.278. The molecule has 1 fully saturated rings. The Hall–Kier alpha value is -1.51. The second-order valence-corrected chi connectivity index (χ2v) is 6.65. The zero-order valence-electron chi connectivity index (χ0n) is 12.3. The van der Waals surface area contributed by atoms with Crippen molar-refractivity contribution in [3.63, 3.8) is 0 Å². The predicted octanol–water partition coefficient (Wildman–Crippen LogP) is 4.90. The summed E-state index contributed by atoms with van der Waals surface area (Å²) < 4.78 is 0. The number of benzene rings is 2. The third-order valence-corrected chi connectivity index (χ3v) is 4.90. The molecule has 22 heavy (non-hydrogen) atoms. The molecule has 3 rings (SSSR count). The molecule has 114 valence electrons. The van der Waals surface area contributed by atoms with Crippen LogP contribution in [0.3, 0.4) is 0 Å². The Balaban J connectivity index is 1.77. The summed E-state index contributed by atoms with van der Waals surface area (Å²) in [5, 5.41) is 4.45. The topological polar surface area (TPSA) is 29.1 Å². The number of nitrogens with one attached hydrogen (secondary N) is 1. The first-order valence-corrected chi connectivity index (χ1v) is 8.10. The van der Waals surface area contributed by atoms with E-state index in [9.17, 15) is 4.79 Å². The molecule has 0 aromatic heterocycles. The zero-order valence-corrected chi connectivity index (χ0v) is 13.8. The van der Waals surface area contributed by atoms with Crippen LogP contribution >= 0.6 is 23.2 Å². The van der Waals surface area contributed by atoms with Crippen molar-refractivity contribution in [3.8, 4) is 0 Å². The van der Waals surface area contributed by atoms with Crippen LogP contribution in [0.5, 0.6) is 0 Å². The Kier molecular flexibility index (Phi) is 4.16. The summed E-state index contributed by atoms with van der Waals surface area (Å²) in [6.45, 7) is 1.96. The third-order valence-electron chi connectivity index (χ3n) is 4.30. The molecule has 1 unspecified atom stereocenters. The molecule has 1 aliphatic carbocycles. The number of halogens is 2. The van der Waals surface area contributed by atoms with Gasteiger partial charge in [-0.1, -0.05) is 53.5 Å². The molecule has 1 saturated carbocycles. The lowest BCUT2D eigenvalue weighted by Gasteiger charge is -2.21. The van der Waals surface area contributed by atoms with Gasteiger partial charge >= 0.3 is 0 Å². The second-order valence-electron chi connectivity index (χ2n) is 5.81. The molecule has 1 aliphatic rings. The highest BCUT2D eigenvalue weighted by atomic mass is 35.5. The lowest BCUT2D eigenvalue weighted by molar-refractivity contribution is -0.124. The molecule has 2 aromatic carbocycles. The van der Waals surface area contributed by atoms with Gasteiger partial charge in [0.1, 0.15) is 0 Å². The van der Waals surface area contributed by atoms with E-state index in [4.69, 9.17) is 23.2 Å². The summed E-state index contributed by atoms with van der Waals surface area (Å²) in [7, 11) is 0. The van der Waals surface area contributed by atoms with E-state index in [1.165, 1.54) is 0 Å². The normalized spacial score (nSPS) is 16.9. The van der Waals surface area contributed by atoms with Crippen molar-refractivity contribution >= 4 is 29.1 Å². The van der Waals surface area contributed by atoms with Crippen LogP contribution in [0.4, 0.5) is 0 Å². The van der Waals surface area contributed by atoms with E-state index in [1.54, 1.807) is 0 Å². The average Bonchev–Trinajstić information content (AvgIpc) is 3.30. The Bertz CT molecular complexity index is 692. The fourth-order valence-corrected chi connectivity index (χ4v) is 3.20. The molecule has 1 N–H and O–H groups in total. The van der Waals surface area contributed by atoms with Crippen molar-refractivity contribution in [2.45, 2.75) is 31.2 Å². The molecular weight excluding hydrogens is 317 g/mol. The van der Waals surface area contributed by atoms with Gasteiger partial charge in [-0.15, -0.1) is 0 Å². The summed E-state index contributed by atoms with van der Waals surface area (Å²) in [6, 6.07) is 15.0. The SMILES string of the molecule is CC(NC(=O)C1(c2ccc(Cl)cc2)CC1)c1ccccc1Cl. The summed E-state index contributed by atoms with van der Waals surface area (Å²) in [5.74, 6) is 0.0576. The molecule has 0 aliphatic heterocycles. The molecule has 0 bridgehead atoms. The van der Waals surface area contributed by atoms with Crippen molar-refractivity contribution in [3.05, 3.63) is 69.7 Å². The third kappa shape index (κ3) is 2.86. The zero-order chi connectivity index (χ0) is 15.7. The van der Waals surface area contributed by atoms with Crippen LogP contribution in [0.2, 0.25) is 10.0 Å². The van der Waals surface area contributed by atoms with Gasteiger partial charge in [0.2, 0.25) is 5.91 Å². The van der Waals surface area contributed by atoms with E-state index >= 15 is 0 Å². The van der Waals surface area contributed by atoms with E-state index in [-0.39, 0.29) is 11.9 Å². The number of rotatable bonds is 4. The molecule has 0 radical (unpaired) electrons. The van der Waals surface area contributed by atoms with Crippen molar-refractivity contribution in [1.82, 2.24) is 5.32 Å². The first-order valence-electron chi connectivity index (χ1n) is 7.34. The van der Waals surface area contributed by atoms with Crippen molar-refractivity contribution in [2.24, 2.45) is 0 Å². The quantitative estimate of drug-likeness (QED) is 0.846. The van der Waals surface area contributed by atoms with Gasteiger partial charge in [-0.3, -0.25) is 4.79 Å². The standard InChI is InChI=1S/C18H17Cl2NO/c1-12(15-4-2-3-5-16(15)20)21-17(22)18(10-11-18)13-6-8-14(19)9-7-13/h2-9,12H,10-11H2,1H3,(H,21,22). The lowest BCUT2D eigenvalue weighted by atomic mass is 9.94. The number of carbonyl (C=O) groups is 1. The van der Waals surface area contributed by atoms with Crippen LogP contribution in [-0.4, -0.2) is 5.91 Å². The molecule has 2 nitrogen and oxygen atoms in total.